The van der Waals surface area contributed by atoms with Crippen molar-refractivity contribution in [1.29, 1.82) is 0 Å². The number of nitrogens with one attached hydrogen (secondary N) is 1. The fourth-order valence-corrected chi connectivity index (χ4v) is 3.99. The molecule has 0 spiro atoms. The summed E-state index contributed by atoms with van der Waals surface area (Å²) in [6, 6.07) is 15.4. The Hall–Kier alpha value is -3.08. The van der Waals surface area contributed by atoms with Crippen LogP contribution >= 0.6 is 0 Å². The van der Waals surface area contributed by atoms with E-state index < -0.39 is 0 Å². The minimum atomic E-state index is -0.178. The molecule has 1 saturated heterocycles. The number of fused-ring (bicyclic) bond motifs is 1. The number of piperidine rings is 1. The van der Waals surface area contributed by atoms with Gasteiger partial charge in [-0.15, -0.1) is 0 Å². The van der Waals surface area contributed by atoms with E-state index in [0.717, 1.165) is 41.4 Å². The summed E-state index contributed by atoms with van der Waals surface area (Å²) < 4.78 is 5.59. The van der Waals surface area contributed by atoms with Gasteiger partial charge in [0.05, 0.1) is 17.7 Å². The second-order valence-electron chi connectivity index (χ2n) is 8.08. The van der Waals surface area contributed by atoms with Gasteiger partial charge in [-0.05, 0) is 74.6 Å². The van der Waals surface area contributed by atoms with Crippen LogP contribution in [-0.4, -0.2) is 30.6 Å². The van der Waals surface area contributed by atoms with Gasteiger partial charge in [0.25, 0.3) is 5.91 Å². The number of aromatic nitrogens is 1. The van der Waals surface area contributed by atoms with E-state index in [-0.39, 0.29) is 5.91 Å². The van der Waals surface area contributed by atoms with E-state index in [9.17, 15) is 4.79 Å². The van der Waals surface area contributed by atoms with E-state index in [1.807, 2.05) is 43.3 Å². The summed E-state index contributed by atoms with van der Waals surface area (Å²) in [5.41, 5.74) is 3.41. The first-order chi connectivity index (χ1) is 14.5. The van der Waals surface area contributed by atoms with Gasteiger partial charge in [0.2, 0.25) is 0 Å². The van der Waals surface area contributed by atoms with E-state index in [0.29, 0.717) is 17.9 Å². The largest absolute Gasteiger partial charge is 0.493 e. The fraction of sp³-hybridized carbons (Fsp3) is 0.360. The Balaban J connectivity index is 1.57. The van der Waals surface area contributed by atoms with Crippen molar-refractivity contribution < 1.29 is 9.53 Å². The fourth-order valence-electron chi connectivity index (χ4n) is 3.99. The molecule has 2 aromatic carbocycles. The average Bonchev–Trinajstić information content (AvgIpc) is 2.75. The topological polar surface area (TPSA) is 54.5 Å². The lowest BCUT2D eigenvalue weighted by atomic mass is 9.99. The summed E-state index contributed by atoms with van der Waals surface area (Å²) in [7, 11) is 0. The molecule has 0 unspecified atom stereocenters. The summed E-state index contributed by atoms with van der Waals surface area (Å²) >= 11 is 0. The maximum absolute atomic E-state index is 12.8. The molecule has 4 rings (SSSR count). The van der Waals surface area contributed by atoms with Crippen molar-refractivity contribution >= 4 is 28.3 Å². The second-order valence-corrected chi connectivity index (χ2v) is 8.08. The number of pyridine rings is 1. The molecule has 1 fully saturated rings. The molecule has 3 aromatic rings. The van der Waals surface area contributed by atoms with Crippen LogP contribution in [0.5, 0.6) is 5.75 Å². The van der Waals surface area contributed by atoms with E-state index in [1.54, 1.807) is 6.07 Å². The summed E-state index contributed by atoms with van der Waals surface area (Å²) in [5, 5.41) is 4.06. The molecule has 5 nitrogen and oxygen atoms in total. The number of amides is 1. The van der Waals surface area contributed by atoms with Crippen molar-refractivity contribution in [3.63, 3.8) is 0 Å². The molecule has 2 heterocycles. The zero-order valence-corrected chi connectivity index (χ0v) is 17.9. The molecule has 0 bridgehead atoms. The molecule has 30 heavy (non-hydrogen) atoms. The standard InChI is InChI=1S/C25H29N3O2/c1-4-30-23-8-6-5-7-20(23)25(29)26-19-9-10-22-21(16-19)18(3)15-24(27-22)28-13-11-17(2)12-14-28/h5-10,15-17H,4,11-14H2,1-3H3,(H,26,29). The van der Waals surface area contributed by atoms with Crippen molar-refractivity contribution in [2.24, 2.45) is 5.92 Å². The van der Waals surface area contributed by atoms with Gasteiger partial charge >= 0.3 is 0 Å². The van der Waals surface area contributed by atoms with Crippen LogP contribution in [0.1, 0.15) is 42.6 Å². The van der Waals surface area contributed by atoms with E-state index in [2.05, 4.69) is 30.1 Å². The predicted octanol–water partition coefficient (Wildman–Crippen LogP) is 5.43. The lowest BCUT2D eigenvalue weighted by Crippen LogP contribution is -2.33. The molecule has 5 heteroatoms. The lowest BCUT2D eigenvalue weighted by Gasteiger charge is -2.31. The molecule has 0 aliphatic carbocycles. The molecule has 1 aliphatic heterocycles. The van der Waals surface area contributed by atoms with Crippen molar-refractivity contribution in [2.45, 2.75) is 33.6 Å². The van der Waals surface area contributed by atoms with Gasteiger partial charge in [-0.1, -0.05) is 19.1 Å². The highest BCUT2D eigenvalue weighted by Crippen LogP contribution is 2.28. The number of rotatable bonds is 5. The van der Waals surface area contributed by atoms with Gasteiger partial charge in [0, 0.05) is 24.2 Å². The summed E-state index contributed by atoms with van der Waals surface area (Å²) in [6.07, 6.45) is 2.43. The number of aryl methyl sites for hydroxylation is 1. The molecular weight excluding hydrogens is 374 g/mol. The quantitative estimate of drug-likeness (QED) is 0.617. The van der Waals surface area contributed by atoms with E-state index >= 15 is 0 Å². The number of para-hydroxylation sites is 1. The molecular formula is C25H29N3O2. The average molecular weight is 404 g/mol. The van der Waals surface area contributed by atoms with Crippen LogP contribution in [0.4, 0.5) is 11.5 Å². The van der Waals surface area contributed by atoms with Crippen LogP contribution in [0.15, 0.2) is 48.5 Å². The Labute approximate surface area is 178 Å². The van der Waals surface area contributed by atoms with Gasteiger partial charge in [-0.25, -0.2) is 4.98 Å². The molecule has 1 aromatic heterocycles. The number of nitrogens with zero attached hydrogens (tertiary/aromatic N) is 2. The third-order valence-electron chi connectivity index (χ3n) is 5.80. The lowest BCUT2D eigenvalue weighted by molar-refractivity contribution is 0.102. The van der Waals surface area contributed by atoms with Crippen LogP contribution in [0.2, 0.25) is 0 Å². The van der Waals surface area contributed by atoms with Crippen molar-refractivity contribution in [2.75, 3.05) is 29.9 Å². The summed E-state index contributed by atoms with van der Waals surface area (Å²) in [5.74, 6) is 2.26. The van der Waals surface area contributed by atoms with E-state index in [4.69, 9.17) is 9.72 Å². The highest BCUT2D eigenvalue weighted by Gasteiger charge is 2.18. The molecule has 0 atom stereocenters. The normalized spacial score (nSPS) is 14.7. The monoisotopic (exact) mass is 403 g/mol. The highest BCUT2D eigenvalue weighted by molar-refractivity contribution is 6.07. The zero-order chi connectivity index (χ0) is 21.1. The first-order valence-corrected chi connectivity index (χ1v) is 10.7. The number of hydrogen-bond donors (Lipinski definition) is 1. The Kier molecular flexibility index (Phi) is 5.88. The van der Waals surface area contributed by atoms with Crippen molar-refractivity contribution in [1.82, 2.24) is 4.98 Å². The Bertz CT molecular complexity index is 1060. The minimum Gasteiger partial charge on any atom is -0.493 e. The van der Waals surface area contributed by atoms with Crippen LogP contribution in [0.3, 0.4) is 0 Å². The number of anilines is 2. The second kappa shape index (κ2) is 8.74. The molecule has 0 saturated carbocycles. The Morgan fingerprint density at radius 2 is 1.93 bits per heavy atom. The molecule has 0 radical (unpaired) electrons. The number of carbonyl (C=O) groups is 1. The first-order valence-electron chi connectivity index (χ1n) is 10.7. The minimum absolute atomic E-state index is 0.178. The predicted molar refractivity (Wildman–Crippen MR) is 123 cm³/mol. The third-order valence-corrected chi connectivity index (χ3v) is 5.80. The highest BCUT2D eigenvalue weighted by atomic mass is 16.5. The molecule has 156 valence electrons. The number of benzene rings is 2. The third kappa shape index (κ3) is 4.25. The van der Waals surface area contributed by atoms with Crippen LogP contribution < -0.4 is 15.0 Å². The number of ether oxygens (including phenoxy) is 1. The number of carbonyl (C=O) groups excluding carboxylic acids is 1. The SMILES string of the molecule is CCOc1ccccc1C(=O)Nc1ccc2nc(N3CCC(C)CC3)cc(C)c2c1. The van der Waals surface area contributed by atoms with Gasteiger partial charge in [0.15, 0.2) is 0 Å². The van der Waals surface area contributed by atoms with Crippen molar-refractivity contribution in [3.05, 3.63) is 59.7 Å². The Morgan fingerprint density at radius 3 is 2.70 bits per heavy atom. The van der Waals surface area contributed by atoms with E-state index in [1.165, 1.54) is 18.4 Å². The van der Waals surface area contributed by atoms with Crippen LogP contribution in [0, 0.1) is 12.8 Å². The summed E-state index contributed by atoms with van der Waals surface area (Å²) in [4.78, 5) is 20.1. The Morgan fingerprint density at radius 1 is 1.17 bits per heavy atom. The van der Waals surface area contributed by atoms with Gasteiger partial charge in [-0.2, -0.15) is 0 Å². The smallest absolute Gasteiger partial charge is 0.259 e. The van der Waals surface area contributed by atoms with Gasteiger partial charge in [0.1, 0.15) is 11.6 Å². The zero-order valence-electron chi connectivity index (χ0n) is 17.9. The van der Waals surface area contributed by atoms with Gasteiger partial charge < -0.3 is 15.0 Å². The van der Waals surface area contributed by atoms with Crippen LogP contribution in [-0.2, 0) is 0 Å². The van der Waals surface area contributed by atoms with Crippen molar-refractivity contribution in [3.8, 4) is 5.75 Å². The number of hydrogen-bond acceptors (Lipinski definition) is 4. The first kappa shape index (κ1) is 20.2. The van der Waals surface area contributed by atoms with Gasteiger partial charge in [-0.3, -0.25) is 4.79 Å². The summed E-state index contributed by atoms with van der Waals surface area (Å²) in [6.45, 7) is 8.98. The maximum Gasteiger partial charge on any atom is 0.259 e. The molecule has 1 aliphatic rings. The maximum atomic E-state index is 12.8. The van der Waals surface area contributed by atoms with Crippen LogP contribution in [0.25, 0.3) is 10.9 Å². The molecule has 1 amide bonds. The molecule has 1 N–H and O–H groups in total.